The summed E-state index contributed by atoms with van der Waals surface area (Å²) in [5, 5.41) is 12.2. The van der Waals surface area contributed by atoms with Gasteiger partial charge in [0, 0.05) is 24.2 Å². The third-order valence-corrected chi connectivity index (χ3v) is 7.10. The van der Waals surface area contributed by atoms with Crippen molar-refractivity contribution in [2.75, 3.05) is 19.6 Å². The lowest BCUT2D eigenvalue weighted by Gasteiger charge is -2.13. The molecule has 0 spiro atoms. The Balaban J connectivity index is 1.10. The van der Waals surface area contributed by atoms with Crippen LogP contribution in [0.25, 0.3) is 16.9 Å². The van der Waals surface area contributed by atoms with Crippen LogP contribution in [0, 0.1) is 0 Å². The molecule has 1 aliphatic heterocycles. The number of hydrogen-bond acceptors (Lipinski definition) is 5. The number of pyridine rings is 1. The third-order valence-electron chi connectivity index (χ3n) is 7.10. The van der Waals surface area contributed by atoms with Gasteiger partial charge in [0.2, 0.25) is 5.91 Å². The monoisotopic (exact) mass is 483 g/mol. The van der Waals surface area contributed by atoms with Crippen LogP contribution in [0.15, 0.2) is 54.9 Å². The van der Waals surface area contributed by atoms with Gasteiger partial charge in [0.1, 0.15) is 6.54 Å². The van der Waals surface area contributed by atoms with E-state index in [2.05, 4.69) is 39.6 Å². The van der Waals surface area contributed by atoms with Gasteiger partial charge in [0.05, 0.1) is 11.9 Å². The van der Waals surface area contributed by atoms with Crippen molar-refractivity contribution in [3.8, 4) is 11.3 Å². The largest absolute Gasteiger partial charge is 0.352 e. The van der Waals surface area contributed by atoms with E-state index in [1.54, 1.807) is 10.9 Å². The smallest absolute Gasteiger partial charge is 0.241 e. The summed E-state index contributed by atoms with van der Waals surface area (Å²) in [4.78, 5) is 19.5. The molecular weight excluding hydrogens is 450 g/mol. The molecule has 1 aromatic carbocycles. The Bertz CT molecular complexity index is 1330. The van der Waals surface area contributed by atoms with Gasteiger partial charge in [-0.3, -0.25) is 9.48 Å². The first-order valence-electron chi connectivity index (χ1n) is 13.2. The predicted octanol–water partition coefficient (Wildman–Crippen LogP) is 3.49. The van der Waals surface area contributed by atoms with Gasteiger partial charge in [-0.2, -0.15) is 10.2 Å². The fourth-order valence-electron chi connectivity index (χ4n) is 4.99. The number of carbonyl (C=O) groups is 1. The third kappa shape index (κ3) is 5.49. The molecule has 2 aliphatic rings. The highest BCUT2D eigenvalue weighted by Gasteiger charge is 2.23. The lowest BCUT2D eigenvalue weighted by molar-refractivity contribution is -0.122. The van der Waals surface area contributed by atoms with Crippen molar-refractivity contribution in [2.24, 2.45) is 0 Å². The number of nitrogens with zero attached hydrogens (tertiary/aromatic N) is 6. The molecule has 1 aliphatic carbocycles. The summed E-state index contributed by atoms with van der Waals surface area (Å²) in [5.41, 5.74) is 5.24. The van der Waals surface area contributed by atoms with Gasteiger partial charge in [-0.05, 0) is 81.4 Å². The summed E-state index contributed by atoms with van der Waals surface area (Å²) in [6.45, 7) is 3.98. The van der Waals surface area contributed by atoms with Gasteiger partial charge < -0.3 is 10.2 Å². The number of benzene rings is 1. The SMILES string of the molecule is O=C(Cn1cc(-c2cccc3nc(Cc4ccc(CCCN5CCCC5)cc4)nn23)cn1)NC1CC1. The van der Waals surface area contributed by atoms with E-state index < -0.39 is 0 Å². The van der Waals surface area contributed by atoms with Crippen LogP contribution in [0.5, 0.6) is 0 Å². The summed E-state index contributed by atoms with van der Waals surface area (Å²) in [7, 11) is 0. The number of likely N-dealkylation sites (tertiary alicyclic amines) is 1. The molecule has 0 bridgehead atoms. The van der Waals surface area contributed by atoms with Crippen molar-refractivity contribution in [1.82, 2.24) is 34.6 Å². The van der Waals surface area contributed by atoms with Crippen LogP contribution in [0.4, 0.5) is 0 Å². The van der Waals surface area contributed by atoms with E-state index in [0.717, 1.165) is 42.0 Å². The van der Waals surface area contributed by atoms with Crippen LogP contribution in [0.1, 0.15) is 49.1 Å². The van der Waals surface area contributed by atoms with E-state index in [1.165, 1.54) is 50.0 Å². The van der Waals surface area contributed by atoms with Crippen molar-refractivity contribution in [1.29, 1.82) is 0 Å². The highest BCUT2D eigenvalue weighted by molar-refractivity contribution is 5.76. The molecule has 36 heavy (non-hydrogen) atoms. The Morgan fingerprint density at radius 2 is 1.83 bits per heavy atom. The Hall–Kier alpha value is -3.52. The Morgan fingerprint density at radius 3 is 2.64 bits per heavy atom. The normalized spacial score (nSPS) is 16.1. The molecule has 8 nitrogen and oxygen atoms in total. The van der Waals surface area contributed by atoms with E-state index >= 15 is 0 Å². The molecule has 186 valence electrons. The highest BCUT2D eigenvalue weighted by atomic mass is 16.2. The van der Waals surface area contributed by atoms with E-state index in [4.69, 9.17) is 10.1 Å². The average Bonchev–Trinajstić information content (AvgIpc) is 3.26. The van der Waals surface area contributed by atoms with Crippen molar-refractivity contribution < 1.29 is 4.79 Å². The Labute approximate surface area is 211 Å². The summed E-state index contributed by atoms with van der Waals surface area (Å²) in [6.07, 6.45) is 11.6. The number of nitrogens with one attached hydrogen (secondary N) is 1. The lowest BCUT2D eigenvalue weighted by Crippen LogP contribution is -2.29. The fourth-order valence-corrected chi connectivity index (χ4v) is 4.99. The lowest BCUT2D eigenvalue weighted by atomic mass is 10.1. The summed E-state index contributed by atoms with van der Waals surface area (Å²) >= 11 is 0. The maximum Gasteiger partial charge on any atom is 0.241 e. The molecule has 0 unspecified atom stereocenters. The quantitative estimate of drug-likeness (QED) is 0.374. The predicted molar refractivity (Wildman–Crippen MR) is 139 cm³/mol. The zero-order valence-electron chi connectivity index (χ0n) is 20.6. The molecule has 4 heterocycles. The standard InChI is InChI=1S/C28H33N7O/c36-28(30-24-12-13-24)20-34-19-23(18-29-34)25-6-3-7-27-31-26(32-35(25)27)17-22-10-8-21(9-11-22)5-4-16-33-14-1-2-15-33/h3,6-11,18-19,24H,1-2,4-5,12-17,20H2,(H,30,36). The molecule has 8 heteroatoms. The number of rotatable bonds is 10. The Morgan fingerprint density at radius 1 is 1.03 bits per heavy atom. The fraction of sp³-hybridized carbons (Fsp3) is 0.429. The van der Waals surface area contributed by atoms with Gasteiger partial charge in [0.25, 0.3) is 0 Å². The molecule has 0 radical (unpaired) electrons. The highest BCUT2D eigenvalue weighted by Crippen LogP contribution is 2.21. The molecule has 3 aromatic heterocycles. The van der Waals surface area contributed by atoms with Crippen molar-refractivity contribution >= 4 is 11.6 Å². The molecule has 4 aromatic rings. The topological polar surface area (TPSA) is 80.4 Å². The average molecular weight is 484 g/mol. The van der Waals surface area contributed by atoms with E-state index in [-0.39, 0.29) is 12.5 Å². The van der Waals surface area contributed by atoms with Crippen LogP contribution in [0.2, 0.25) is 0 Å². The summed E-state index contributed by atoms with van der Waals surface area (Å²) < 4.78 is 3.55. The molecule has 1 saturated carbocycles. The first-order valence-corrected chi connectivity index (χ1v) is 13.2. The van der Waals surface area contributed by atoms with Gasteiger partial charge in [-0.15, -0.1) is 0 Å². The molecule has 1 N–H and O–H groups in total. The minimum atomic E-state index is 0.00557. The second kappa shape index (κ2) is 10.2. The number of carbonyl (C=O) groups excluding carboxylic acids is 1. The van der Waals surface area contributed by atoms with Crippen LogP contribution < -0.4 is 5.32 Å². The maximum absolute atomic E-state index is 12.1. The van der Waals surface area contributed by atoms with Crippen molar-refractivity contribution in [3.05, 3.63) is 71.8 Å². The number of fused-ring (bicyclic) bond motifs is 1. The van der Waals surface area contributed by atoms with Crippen LogP contribution in [-0.4, -0.2) is 60.9 Å². The molecule has 1 saturated heterocycles. The van der Waals surface area contributed by atoms with Gasteiger partial charge >= 0.3 is 0 Å². The van der Waals surface area contributed by atoms with Crippen LogP contribution in [-0.2, 0) is 24.2 Å². The second-order valence-corrected chi connectivity index (χ2v) is 10.1. The van der Waals surface area contributed by atoms with Crippen LogP contribution in [0.3, 0.4) is 0 Å². The molecule has 6 rings (SSSR count). The number of hydrogen-bond donors (Lipinski definition) is 1. The number of amides is 1. The van der Waals surface area contributed by atoms with Crippen molar-refractivity contribution in [3.63, 3.8) is 0 Å². The first kappa shape index (κ1) is 22.9. The zero-order valence-corrected chi connectivity index (χ0v) is 20.6. The summed E-state index contributed by atoms with van der Waals surface area (Å²) in [6, 6.07) is 15.2. The van der Waals surface area contributed by atoms with Crippen molar-refractivity contribution in [2.45, 2.75) is 57.5 Å². The molecule has 1 amide bonds. The summed E-state index contributed by atoms with van der Waals surface area (Å²) in [5.74, 6) is 0.798. The molecular formula is C28H33N7O. The molecule has 0 atom stereocenters. The number of aryl methyl sites for hydroxylation is 1. The maximum atomic E-state index is 12.1. The van der Waals surface area contributed by atoms with Gasteiger partial charge in [0.15, 0.2) is 11.5 Å². The Kier molecular flexibility index (Phi) is 6.51. The van der Waals surface area contributed by atoms with Gasteiger partial charge in [-0.1, -0.05) is 30.3 Å². The van der Waals surface area contributed by atoms with E-state index in [0.29, 0.717) is 12.5 Å². The molecule has 2 fully saturated rings. The minimum absolute atomic E-state index is 0.00557. The van der Waals surface area contributed by atoms with E-state index in [9.17, 15) is 4.79 Å². The van der Waals surface area contributed by atoms with Crippen LogP contribution >= 0.6 is 0 Å². The zero-order chi connectivity index (χ0) is 24.3. The van der Waals surface area contributed by atoms with Gasteiger partial charge in [-0.25, -0.2) is 9.50 Å². The first-order chi connectivity index (χ1) is 17.7. The number of aromatic nitrogens is 5. The minimum Gasteiger partial charge on any atom is -0.352 e. The van der Waals surface area contributed by atoms with E-state index in [1.807, 2.05) is 28.9 Å². The second-order valence-electron chi connectivity index (χ2n) is 10.1.